The molecular weight excluding hydrogens is 297 g/mol. The molecule has 0 radical (unpaired) electrons. The summed E-state index contributed by atoms with van der Waals surface area (Å²) in [7, 11) is -2.11. The summed E-state index contributed by atoms with van der Waals surface area (Å²) in [6.45, 7) is 7.45. The molecule has 8 nitrogen and oxygen atoms in total. The fraction of sp³-hybridized carbons (Fsp3) is 0.917. The van der Waals surface area contributed by atoms with Crippen LogP contribution in [-0.4, -0.2) is 82.1 Å². The standard InChI is InChI=1S/C12H24N3O5P/c1-3-20-21(16,17-2)13-12(14-4-8-18-9-5-14)15-6-10-19-11-7-15/h3-11H2,1-2H3. The number of nitrogens with zero attached hydrogens (tertiary/aromatic N) is 3. The second-order valence-corrected chi connectivity index (χ2v) is 6.43. The highest BCUT2D eigenvalue weighted by Gasteiger charge is 2.29. The van der Waals surface area contributed by atoms with Crippen LogP contribution in [0.4, 0.5) is 0 Å². The summed E-state index contributed by atoms with van der Waals surface area (Å²) in [6, 6.07) is 0. The van der Waals surface area contributed by atoms with Crippen molar-refractivity contribution in [1.82, 2.24) is 9.80 Å². The van der Waals surface area contributed by atoms with Gasteiger partial charge in [0, 0.05) is 33.3 Å². The van der Waals surface area contributed by atoms with E-state index in [2.05, 4.69) is 14.6 Å². The molecule has 2 rings (SSSR count). The Kier molecular flexibility index (Phi) is 6.44. The van der Waals surface area contributed by atoms with Crippen molar-refractivity contribution in [3.63, 3.8) is 0 Å². The first kappa shape index (κ1) is 16.7. The van der Waals surface area contributed by atoms with E-state index >= 15 is 0 Å². The van der Waals surface area contributed by atoms with Gasteiger partial charge in [-0.3, -0.25) is 9.05 Å². The van der Waals surface area contributed by atoms with E-state index in [1.54, 1.807) is 6.92 Å². The third-order valence-electron chi connectivity index (χ3n) is 3.32. The number of guanidine groups is 1. The van der Waals surface area contributed by atoms with E-state index in [0.29, 0.717) is 58.6 Å². The molecule has 0 aliphatic carbocycles. The van der Waals surface area contributed by atoms with Gasteiger partial charge in [-0.1, -0.05) is 0 Å². The van der Waals surface area contributed by atoms with Crippen LogP contribution in [0.15, 0.2) is 4.76 Å². The molecule has 1 atom stereocenters. The van der Waals surface area contributed by atoms with Crippen LogP contribution in [0.1, 0.15) is 6.92 Å². The Balaban J connectivity index is 2.22. The summed E-state index contributed by atoms with van der Waals surface area (Å²) >= 11 is 0. The molecule has 0 amide bonds. The number of hydrogen-bond donors (Lipinski definition) is 0. The zero-order valence-electron chi connectivity index (χ0n) is 12.7. The van der Waals surface area contributed by atoms with Gasteiger partial charge in [-0.15, -0.1) is 4.76 Å². The minimum Gasteiger partial charge on any atom is -0.378 e. The number of ether oxygens (including phenoxy) is 2. The molecule has 9 heteroatoms. The molecule has 1 unspecified atom stereocenters. The second-order valence-electron chi connectivity index (χ2n) is 4.67. The van der Waals surface area contributed by atoms with Crippen molar-refractivity contribution in [2.24, 2.45) is 4.76 Å². The van der Waals surface area contributed by atoms with Gasteiger partial charge in [-0.25, -0.2) is 4.57 Å². The highest BCUT2D eigenvalue weighted by Crippen LogP contribution is 2.49. The Labute approximate surface area is 125 Å². The molecule has 0 aromatic heterocycles. The van der Waals surface area contributed by atoms with Crippen molar-refractivity contribution >= 4 is 13.7 Å². The van der Waals surface area contributed by atoms with Crippen LogP contribution in [0, 0.1) is 0 Å². The molecule has 2 fully saturated rings. The van der Waals surface area contributed by atoms with Crippen LogP contribution in [0.25, 0.3) is 0 Å². The average Bonchev–Trinajstić information content (AvgIpc) is 2.55. The minimum atomic E-state index is -3.47. The molecule has 0 N–H and O–H groups in total. The number of hydrogen-bond acceptors (Lipinski definition) is 5. The maximum atomic E-state index is 12.5. The molecule has 2 heterocycles. The van der Waals surface area contributed by atoms with Gasteiger partial charge in [0.15, 0.2) is 0 Å². The summed E-state index contributed by atoms with van der Waals surface area (Å²) in [4.78, 5) is 4.14. The van der Waals surface area contributed by atoms with Crippen molar-refractivity contribution in [2.75, 3.05) is 66.3 Å². The van der Waals surface area contributed by atoms with Crippen molar-refractivity contribution in [2.45, 2.75) is 6.92 Å². The van der Waals surface area contributed by atoms with E-state index in [9.17, 15) is 4.57 Å². The lowest BCUT2D eigenvalue weighted by atomic mass is 10.4. The topological polar surface area (TPSA) is 72.8 Å². The molecule has 122 valence electrons. The lowest BCUT2D eigenvalue weighted by molar-refractivity contribution is 0.0421. The Morgan fingerprint density at radius 1 is 1.10 bits per heavy atom. The Hall–Kier alpha value is -0.660. The van der Waals surface area contributed by atoms with Gasteiger partial charge in [0.1, 0.15) is 0 Å². The number of rotatable bonds is 4. The highest BCUT2D eigenvalue weighted by atomic mass is 31.2. The molecule has 0 spiro atoms. The van der Waals surface area contributed by atoms with E-state index in [0.717, 1.165) is 0 Å². The molecule has 0 saturated carbocycles. The molecule has 2 aliphatic heterocycles. The summed E-state index contributed by atoms with van der Waals surface area (Å²) in [5.74, 6) is 0.653. The van der Waals surface area contributed by atoms with Crippen molar-refractivity contribution in [3.8, 4) is 0 Å². The average molecular weight is 321 g/mol. The first-order chi connectivity index (χ1) is 10.2. The van der Waals surface area contributed by atoms with Crippen molar-refractivity contribution < 1.29 is 23.1 Å². The lowest BCUT2D eigenvalue weighted by Gasteiger charge is -2.38. The second kappa shape index (κ2) is 8.10. The first-order valence-electron chi connectivity index (χ1n) is 7.24. The van der Waals surface area contributed by atoms with Crippen LogP contribution in [0.2, 0.25) is 0 Å². The monoisotopic (exact) mass is 321 g/mol. The predicted octanol–water partition coefficient (Wildman–Crippen LogP) is 0.798. The molecule has 2 saturated heterocycles. The molecule has 0 aromatic rings. The van der Waals surface area contributed by atoms with Gasteiger partial charge in [-0.05, 0) is 6.92 Å². The predicted molar refractivity (Wildman–Crippen MR) is 78.5 cm³/mol. The normalized spacial score (nSPS) is 22.8. The number of morpholine rings is 2. The summed E-state index contributed by atoms with van der Waals surface area (Å²) in [5.41, 5.74) is 0. The zero-order chi connectivity index (χ0) is 15.1. The molecule has 21 heavy (non-hydrogen) atoms. The highest BCUT2D eigenvalue weighted by molar-refractivity contribution is 7.52. The van der Waals surface area contributed by atoms with E-state index in [1.165, 1.54) is 7.11 Å². The van der Waals surface area contributed by atoms with Gasteiger partial charge in [0.2, 0.25) is 5.96 Å². The Bertz CT molecular complexity index is 374. The van der Waals surface area contributed by atoms with Crippen molar-refractivity contribution in [3.05, 3.63) is 0 Å². The van der Waals surface area contributed by atoms with E-state index in [4.69, 9.17) is 18.5 Å². The maximum absolute atomic E-state index is 12.5. The van der Waals surface area contributed by atoms with Crippen LogP contribution >= 0.6 is 7.75 Å². The smallest absolute Gasteiger partial charge is 0.378 e. The third-order valence-corrected chi connectivity index (χ3v) is 4.79. The van der Waals surface area contributed by atoms with Crippen LogP contribution < -0.4 is 0 Å². The van der Waals surface area contributed by atoms with Gasteiger partial charge >= 0.3 is 7.75 Å². The minimum absolute atomic E-state index is 0.286. The first-order valence-corrected chi connectivity index (χ1v) is 8.74. The summed E-state index contributed by atoms with van der Waals surface area (Å²) in [6.07, 6.45) is 0. The summed E-state index contributed by atoms with van der Waals surface area (Å²) < 4.78 is 37.8. The summed E-state index contributed by atoms with van der Waals surface area (Å²) in [5, 5.41) is 0. The maximum Gasteiger partial charge on any atom is 0.456 e. The Morgan fingerprint density at radius 3 is 1.95 bits per heavy atom. The SMILES string of the molecule is CCOP(=O)(N=C(N1CCOCC1)N1CCOCC1)OC. The van der Waals surface area contributed by atoms with E-state index in [1.807, 2.05) is 0 Å². The largest absolute Gasteiger partial charge is 0.456 e. The van der Waals surface area contributed by atoms with Gasteiger partial charge in [0.25, 0.3) is 0 Å². The third kappa shape index (κ3) is 4.66. The van der Waals surface area contributed by atoms with Crippen LogP contribution in [-0.2, 0) is 23.1 Å². The van der Waals surface area contributed by atoms with Crippen LogP contribution in [0.5, 0.6) is 0 Å². The molecule has 0 aromatic carbocycles. The lowest BCUT2D eigenvalue weighted by Crippen LogP contribution is -2.52. The molecule has 0 bridgehead atoms. The molecule has 2 aliphatic rings. The van der Waals surface area contributed by atoms with Gasteiger partial charge in [0.05, 0.1) is 33.0 Å². The fourth-order valence-corrected chi connectivity index (χ4v) is 3.29. The van der Waals surface area contributed by atoms with Gasteiger partial charge in [-0.2, -0.15) is 0 Å². The zero-order valence-corrected chi connectivity index (χ0v) is 13.6. The molecular formula is C12H24N3O5P. The van der Waals surface area contributed by atoms with Crippen molar-refractivity contribution in [1.29, 1.82) is 0 Å². The fourth-order valence-electron chi connectivity index (χ4n) is 2.25. The van der Waals surface area contributed by atoms with E-state index < -0.39 is 7.75 Å². The van der Waals surface area contributed by atoms with Crippen LogP contribution in [0.3, 0.4) is 0 Å². The quantitative estimate of drug-likeness (QED) is 0.431. The van der Waals surface area contributed by atoms with E-state index in [-0.39, 0.29) is 6.61 Å². The Morgan fingerprint density at radius 2 is 1.57 bits per heavy atom. The van der Waals surface area contributed by atoms with Gasteiger partial charge < -0.3 is 19.3 Å².